The van der Waals surface area contributed by atoms with Gasteiger partial charge in [0, 0.05) is 29.8 Å². The van der Waals surface area contributed by atoms with Crippen molar-refractivity contribution in [2.45, 2.75) is 121 Å². The van der Waals surface area contributed by atoms with E-state index < -0.39 is 11.9 Å². The number of likely N-dealkylation sites (tertiary alicyclic amines) is 1. The average molecular weight is 646 g/mol. The SMILES string of the molecule is CC(C)(C)OC(=O)C1CCCN1CC1CC(c2ccc(CO)cc2)OC(c2ccc(NC(=O)NC34CC5CC(CC(C5)C3)C4)cc2)O1. The van der Waals surface area contributed by atoms with Crippen molar-refractivity contribution in [2.75, 3.05) is 18.4 Å². The van der Waals surface area contributed by atoms with Gasteiger partial charge in [-0.25, -0.2) is 4.79 Å². The van der Waals surface area contributed by atoms with Crippen molar-refractivity contribution >= 4 is 17.7 Å². The number of nitrogens with zero attached hydrogens (tertiary/aromatic N) is 1. The standard InChI is InChI=1S/C38H51N3O6/c1-37(2,3)47-34(43)32-5-4-14-41(32)22-31-18-33(28-8-6-24(23-42)7-9-28)46-35(45-31)29-10-12-30(13-11-29)39-36(44)40-38-19-25-15-26(20-38)17-27(16-25)21-38/h6-13,25-27,31-33,35,42H,4-5,14-23H2,1-3H3,(H2,39,40,44). The Hall–Kier alpha value is -2.98. The van der Waals surface area contributed by atoms with Crippen LogP contribution >= 0.6 is 0 Å². The van der Waals surface area contributed by atoms with Crippen LogP contribution in [0.25, 0.3) is 0 Å². The van der Waals surface area contributed by atoms with Crippen LogP contribution < -0.4 is 10.6 Å². The summed E-state index contributed by atoms with van der Waals surface area (Å²) in [6, 6.07) is 15.2. The third-order valence-electron chi connectivity index (χ3n) is 11.0. The smallest absolute Gasteiger partial charge is 0.323 e. The fraction of sp³-hybridized carbons (Fsp3) is 0.632. The molecule has 2 saturated heterocycles. The van der Waals surface area contributed by atoms with Gasteiger partial charge in [0.05, 0.1) is 18.8 Å². The van der Waals surface area contributed by atoms with Gasteiger partial charge in [0.1, 0.15) is 11.6 Å². The van der Waals surface area contributed by atoms with Gasteiger partial charge in [-0.2, -0.15) is 0 Å². The van der Waals surface area contributed by atoms with E-state index in [2.05, 4.69) is 15.5 Å². The Kier molecular flexibility index (Phi) is 9.11. The highest BCUT2D eigenvalue weighted by Gasteiger charge is 2.51. The van der Waals surface area contributed by atoms with Crippen molar-refractivity contribution in [1.82, 2.24) is 10.2 Å². The Morgan fingerprint density at radius 1 is 0.915 bits per heavy atom. The summed E-state index contributed by atoms with van der Waals surface area (Å²) in [6.07, 6.45) is 8.69. The van der Waals surface area contributed by atoms with E-state index in [4.69, 9.17) is 14.2 Å². The predicted molar refractivity (Wildman–Crippen MR) is 178 cm³/mol. The monoisotopic (exact) mass is 645 g/mol. The number of aliphatic hydroxyl groups is 1. The Balaban J connectivity index is 1.03. The fourth-order valence-corrected chi connectivity index (χ4v) is 9.37. The second-order valence-electron chi connectivity index (χ2n) is 15.9. The molecular weight excluding hydrogens is 594 g/mol. The molecular formula is C38H51N3O6. The number of esters is 1. The molecule has 4 saturated carbocycles. The van der Waals surface area contributed by atoms with Crippen LogP contribution in [-0.4, -0.2) is 58.4 Å². The normalized spacial score (nSPS) is 33.5. The van der Waals surface area contributed by atoms with Crippen molar-refractivity contribution in [2.24, 2.45) is 17.8 Å². The van der Waals surface area contributed by atoms with E-state index in [9.17, 15) is 14.7 Å². The molecule has 4 atom stereocenters. The molecule has 47 heavy (non-hydrogen) atoms. The number of amides is 2. The number of hydrogen-bond donors (Lipinski definition) is 3. The Morgan fingerprint density at radius 3 is 2.17 bits per heavy atom. The lowest BCUT2D eigenvalue weighted by Gasteiger charge is -2.56. The summed E-state index contributed by atoms with van der Waals surface area (Å²) >= 11 is 0. The quantitative estimate of drug-likeness (QED) is 0.277. The van der Waals surface area contributed by atoms with E-state index in [1.165, 1.54) is 19.3 Å². The van der Waals surface area contributed by atoms with Crippen molar-refractivity contribution < 1.29 is 28.9 Å². The zero-order chi connectivity index (χ0) is 32.8. The molecule has 2 aromatic carbocycles. The molecule has 9 nitrogen and oxygen atoms in total. The first-order chi connectivity index (χ1) is 22.5. The summed E-state index contributed by atoms with van der Waals surface area (Å²) in [6.45, 7) is 7.11. The zero-order valence-electron chi connectivity index (χ0n) is 28.1. The van der Waals surface area contributed by atoms with E-state index in [1.54, 1.807) is 0 Å². The lowest BCUT2D eigenvalue weighted by Crippen LogP contribution is -2.60. The maximum atomic E-state index is 13.2. The van der Waals surface area contributed by atoms with Crippen LogP contribution in [0.1, 0.15) is 108 Å². The molecule has 8 rings (SSSR count). The minimum absolute atomic E-state index is 0.0118. The Morgan fingerprint density at radius 2 is 1.55 bits per heavy atom. The first kappa shape index (κ1) is 32.6. The number of aliphatic hydroxyl groups excluding tert-OH is 1. The summed E-state index contributed by atoms with van der Waals surface area (Å²) in [5.74, 6) is 2.13. The molecule has 0 spiro atoms. The molecule has 254 valence electrons. The molecule has 3 N–H and O–H groups in total. The van der Waals surface area contributed by atoms with Crippen LogP contribution in [0.4, 0.5) is 10.5 Å². The summed E-state index contributed by atoms with van der Waals surface area (Å²) in [5.41, 5.74) is 2.89. The van der Waals surface area contributed by atoms with Crippen LogP contribution in [0.2, 0.25) is 0 Å². The number of anilines is 1. The topological polar surface area (TPSA) is 109 Å². The maximum Gasteiger partial charge on any atom is 0.323 e. The molecule has 6 aliphatic rings. The van der Waals surface area contributed by atoms with Crippen molar-refractivity contribution in [1.29, 1.82) is 0 Å². The lowest BCUT2D eigenvalue weighted by molar-refractivity contribution is -0.253. The third-order valence-corrected chi connectivity index (χ3v) is 11.0. The number of benzene rings is 2. The first-order valence-corrected chi connectivity index (χ1v) is 17.7. The molecule has 2 aromatic rings. The van der Waals surface area contributed by atoms with Gasteiger partial charge in [0.25, 0.3) is 0 Å². The molecule has 0 radical (unpaired) electrons. The number of nitrogens with one attached hydrogen (secondary N) is 2. The number of carbonyl (C=O) groups excluding carboxylic acids is 2. The first-order valence-electron chi connectivity index (χ1n) is 17.7. The van der Waals surface area contributed by atoms with E-state index in [0.29, 0.717) is 13.0 Å². The van der Waals surface area contributed by atoms with Crippen LogP contribution in [0.5, 0.6) is 0 Å². The number of urea groups is 1. The van der Waals surface area contributed by atoms with Gasteiger partial charge < -0.3 is 30.0 Å². The van der Waals surface area contributed by atoms with Gasteiger partial charge in [0.15, 0.2) is 6.29 Å². The molecule has 4 bridgehead atoms. The molecule has 0 aromatic heterocycles. The van der Waals surface area contributed by atoms with Gasteiger partial charge in [-0.1, -0.05) is 36.4 Å². The minimum atomic E-state index is -0.617. The van der Waals surface area contributed by atoms with Gasteiger partial charge in [-0.05, 0) is 120 Å². The lowest BCUT2D eigenvalue weighted by atomic mass is 9.53. The van der Waals surface area contributed by atoms with Crippen molar-refractivity contribution in [3.8, 4) is 0 Å². The predicted octanol–water partition coefficient (Wildman–Crippen LogP) is 6.62. The summed E-state index contributed by atoms with van der Waals surface area (Å²) in [5, 5.41) is 16.0. The molecule has 2 heterocycles. The average Bonchev–Trinajstić information content (AvgIpc) is 3.48. The third kappa shape index (κ3) is 7.53. The largest absolute Gasteiger partial charge is 0.459 e. The van der Waals surface area contributed by atoms with E-state index in [0.717, 1.165) is 78.8 Å². The summed E-state index contributed by atoms with van der Waals surface area (Å²) in [4.78, 5) is 28.4. The van der Waals surface area contributed by atoms with Crippen LogP contribution in [-0.2, 0) is 25.6 Å². The summed E-state index contributed by atoms with van der Waals surface area (Å²) < 4.78 is 18.9. The van der Waals surface area contributed by atoms with Gasteiger partial charge >= 0.3 is 12.0 Å². The number of rotatable bonds is 8. The molecule has 4 aliphatic carbocycles. The van der Waals surface area contributed by atoms with Crippen LogP contribution in [0.3, 0.4) is 0 Å². The molecule has 2 aliphatic heterocycles. The van der Waals surface area contributed by atoms with Gasteiger partial charge in [-0.3, -0.25) is 9.69 Å². The fourth-order valence-electron chi connectivity index (χ4n) is 9.37. The zero-order valence-corrected chi connectivity index (χ0v) is 28.1. The van der Waals surface area contributed by atoms with Crippen LogP contribution in [0.15, 0.2) is 48.5 Å². The van der Waals surface area contributed by atoms with Gasteiger partial charge in [-0.15, -0.1) is 0 Å². The highest BCUT2D eigenvalue weighted by atomic mass is 16.7. The Labute approximate surface area is 278 Å². The van der Waals surface area contributed by atoms with Crippen molar-refractivity contribution in [3.05, 3.63) is 65.2 Å². The van der Waals surface area contributed by atoms with E-state index in [-0.39, 0.29) is 42.4 Å². The summed E-state index contributed by atoms with van der Waals surface area (Å²) in [7, 11) is 0. The molecule has 6 fully saturated rings. The highest BCUT2D eigenvalue weighted by Crippen LogP contribution is 2.55. The molecule has 9 heteroatoms. The van der Waals surface area contributed by atoms with E-state index in [1.807, 2.05) is 69.3 Å². The second kappa shape index (κ2) is 13.1. The van der Waals surface area contributed by atoms with Gasteiger partial charge in [0.2, 0.25) is 0 Å². The molecule has 4 unspecified atom stereocenters. The number of hydrogen-bond acceptors (Lipinski definition) is 7. The maximum absolute atomic E-state index is 13.2. The minimum Gasteiger partial charge on any atom is -0.459 e. The Bertz CT molecular complexity index is 1390. The highest BCUT2D eigenvalue weighted by molar-refractivity contribution is 5.89. The molecule has 2 amide bonds. The number of carbonyl (C=O) groups is 2. The van der Waals surface area contributed by atoms with Crippen molar-refractivity contribution in [3.63, 3.8) is 0 Å². The number of ether oxygens (including phenoxy) is 3. The van der Waals surface area contributed by atoms with Crippen LogP contribution in [0, 0.1) is 17.8 Å². The van der Waals surface area contributed by atoms with E-state index >= 15 is 0 Å². The second-order valence-corrected chi connectivity index (χ2v) is 15.9.